The van der Waals surface area contributed by atoms with Crippen molar-refractivity contribution in [3.05, 3.63) is 74.0 Å². The van der Waals surface area contributed by atoms with E-state index in [1.54, 1.807) is 0 Å². The molecule has 1 aliphatic carbocycles. The van der Waals surface area contributed by atoms with E-state index >= 15 is 0 Å². The molecule has 1 unspecified atom stereocenters. The van der Waals surface area contributed by atoms with E-state index in [-0.39, 0.29) is 24.1 Å². The number of piperazine rings is 1. The minimum absolute atomic E-state index is 0.134. The Hall–Kier alpha value is -3.56. The summed E-state index contributed by atoms with van der Waals surface area (Å²) in [6.45, 7) is 10.0. The minimum Gasteiger partial charge on any atom is -0.348 e. The van der Waals surface area contributed by atoms with E-state index in [0.717, 1.165) is 85.8 Å². The average Bonchev–Trinajstić information content (AvgIpc) is 3.40. The van der Waals surface area contributed by atoms with Gasteiger partial charge in [-0.1, -0.05) is 13.3 Å². The number of aryl methyl sites for hydroxylation is 2. The summed E-state index contributed by atoms with van der Waals surface area (Å²) >= 11 is 0. The van der Waals surface area contributed by atoms with Gasteiger partial charge < -0.3 is 25.0 Å². The summed E-state index contributed by atoms with van der Waals surface area (Å²) in [4.78, 5) is 45.7. The summed E-state index contributed by atoms with van der Waals surface area (Å²) < 4.78 is 0. The molecule has 2 N–H and O–H groups in total. The van der Waals surface area contributed by atoms with Crippen molar-refractivity contribution < 1.29 is 4.79 Å². The van der Waals surface area contributed by atoms with Gasteiger partial charge in [-0.05, 0) is 94.2 Å². The molecule has 1 amide bonds. The van der Waals surface area contributed by atoms with Gasteiger partial charge in [0.25, 0.3) is 11.5 Å². The van der Waals surface area contributed by atoms with Gasteiger partial charge in [0.15, 0.2) is 0 Å². The van der Waals surface area contributed by atoms with Crippen LogP contribution in [0.1, 0.15) is 69.7 Å². The zero-order chi connectivity index (χ0) is 29.3. The quantitative estimate of drug-likeness (QED) is 0.437. The first-order valence-electron chi connectivity index (χ1n) is 14.8. The lowest BCUT2D eigenvalue weighted by Gasteiger charge is -2.32. The number of rotatable bonds is 8. The Bertz CT molecular complexity index is 1470. The summed E-state index contributed by atoms with van der Waals surface area (Å²) in [5.41, 5.74) is 8.39. The number of H-pyrrole nitrogens is 1. The second kappa shape index (κ2) is 12.1. The molecule has 9 heteroatoms. The van der Waals surface area contributed by atoms with Crippen molar-refractivity contribution in [3.63, 3.8) is 0 Å². The van der Waals surface area contributed by atoms with Crippen molar-refractivity contribution in [2.75, 3.05) is 52.2 Å². The third kappa shape index (κ3) is 5.92. The molecule has 0 spiro atoms. The number of pyridine rings is 1. The van der Waals surface area contributed by atoms with Gasteiger partial charge in [-0.2, -0.15) is 0 Å². The van der Waals surface area contributed by atoms with Crippen LogP contribution < -0.4 is 15.8 Å². The molecule has 0 saturated carbocycles. The van der Waals surface area contributed by atoms with Gasteiger partial charge in [-0.15, -0.1) is 0 Å². The van der Waals surface area contributed by atoms with E-state index in [4.69, 9.17) is 9.97 Å². The molecule has 41 heavy (non-hydrogen) atoms. The second-order valence-electron chi connectivity index (χ2n) is 11.8. The van der Waals surface area contributed by atoms with Crippen LogP contribution in [0.2, 0.25) is 0 Å². The first-order chi connectivity index (χ1) is 19.7. The molecule has 9 nitrogen and oxygen atoms in total. The fraction of sp³-hybridized carbons (Fsp3) is 0.500. The van der Waals surface area contributed by atoms with Crippen LogP contribution in [0.3, 0.4) is 0 Å². The van der Waals surface area contributed by atoms with Gasteiger partial charge in [0, 0.05) is 73.5 Å². The predicted molar refractivity (Wildman–Crippen MR) is 164 cm³/mol. The largest absolute Gasteiger partial charge is 0.348 e. The Kier molecular flexibility index (Phi) is 8.56. The summed E-state index contributed by atoms with van der Waals surface area (Å²) in [5, 5.41) is 3.07. The zero-order valence-corrected chi connectivity index (χ0v) is 25.3. The van der Waals surface area contributed by atoms with E-state index in [2.05, 4.69) is 53.1 Å². The second-order valence-corrected chi connectivity index (χ2v) is 11.8. The van der Waals surface area contributed by atoms with Gasteiger partial charge in [-0.3, -0.25) is 9.59 Å². The number of aromatic amines is 1. The highest BCUT2D eigenvalue weighted by Crippen LogP contribution is 2.43. The van der Waals surface area contributed by atoms with Crippen molar-refractivity contribution in [1.82, 2.24) is 30.1 Å². The number of carbonyl (C=O) groups is 1. The van der Waals surface area contributed by atoms with E-state index in [0.29, 0.717) is 11.1 Å². The molecule has 218 valence electrons. The van der Waals surface area contributed by atoms with Crippen molar-refractivity contribution >= 4 is 11.9 Å². The monoisotopic (exact) mass is 557 g/mol. The number of nitrogens with zero attached hydrogens (tertiary/aromatic N) is 5. The van der Waals surface area contributed by atoms with Crippen LogP contribution in [-0.4, -0.2) is 78.0 Å². The highest BCUT2D eigenvalue weighted by molar-refractivity contribution is 5.98. The van der Waals surface area contributed by atoms with Gasteiger partial charge in [0.05, 0.1) is 0 Å². The SMILES string of the molecule is CCCc1cc(C)[nH]c(=O)c1CNC(=O)c1cc(-c2cnc(N3CCN(C)CC3)nc2)c2c(c1C)C(N(C)C)CC2. The maximum atomic E-state index is 13.8. The molecule has 1 atom stereocenters. The molecule has 3 aromatic rings. The van der Waals surface area contributed by atoms with E-state index < -0.39 is 0 Å². The van der Waals surface area contributed by atoms with Crippen LogP contribution in [0, 0.1) is 13.8 Å². The number of hydrogen-bond donors (Lipinski definition) is 2. The number of benzene rings is 1. The van der Waals surface area contributed by atoms with Crippen LogP contribution in [0.25, 0.3) is 11.1 Å². The van der Waals surface area contributed by atoms with Crippen LogP contribution >= 0.6 is 0 Å². The van der Waals surface area contributed by atoms with Crippen LogP contribution in [-0.2, 0) is 19.4 Å². The zero-order valence-electron chi connectivity index (χ0n) is 25.3. The van der Waals surface area contributed by atoms with Crippen LogP contribution in [0.4, 0.5) is 5.95 Å². The Morgan fingerprint density at radius 3 is 2.49 bits per heavy atom. The molecule has 5 rings (SSSR count). The summed E-state index contributed by atoms with van der Waals surface area (Å²) in [6.07, 6.45) is 7.47. The number of fused-ring (bicyclic) bond motifs is 1. The molecule has 0 radical (unpaired) electrons. The van der Waals surface area contributed by atoms with Crippen molar-refractivity contribution in [2.45, 2.75) is 59.0 Å². The van der Waals surface area contributed by atoms with Crippen LogP contribution in [0.15, 0.2) is 29.3 Å². The molecule has 2 aliphatic rings. The van der Waals surface area contributed by atoms with Crippen molar-refractivity contribution in [2.24, 2.45) is 0 Å². The molecular formula is C32H43N7O2. The highest BCUT2D eigenvalue weighted by atomic mass is 16.1. The molecule has 0 bridgehead atoms. The Labute approximate surface area is 243 Å². The standard InChI is InChI=1S/C32H43N7O2/c1-7-8-22-15-20(2)36-31(41)27(22)19-33-30(40)25-16-26(24-9-10-28(37(4)5)29(24)21(25)3)23-17-34-32(35-18-23)39-13-11-38(6)12-14-39/h15-18,28H,7-14,19H2,1-6H3,(H,33,40)(H,36,41). The fourth-order valence-corrected chi connectivity index (χ4v) is 6.38. The van der Waals surface area contributed by atoms with Gasteiger partial charge in [0.1, 0.15) is 0 Å². The molecule has 1 saturated heterocycles. The lowest BCUT2D eigenvalue weighted by atomic mass is 9.89. The maximum Gasteiger partial charge on any atom is 0.253 e. The first kappa shape index (κ1) is 29.0. The number of amides is 1. The summed E-state index contributed by atoms with van der Waals surface area (Å²) in [6, 6.07) is 4.25. The lowest BCUT2D eigenvalue weighted by molar-refractivity contribution is 0.0950. The Morgan fingerprint density at radius 2 is 1.83 bits per heavy atom. The number of nitrogens with one attached hydrogen (secondary N) is 2. The predicted octanol–water partition coefficient (Wildman–Crippen LogP) is 3.63. The number of anilines is 1. The minimum atomic E-state index is -0.173. The topological polar surface area (TPSA) is 97.5 Å². The molecule has 1 fully saturated rings. The fourth-order valence-electron chi connectivity index (χ4n) is 6.38. The summed E-state index contributed by atoms with van der Waals surface area (Å²) in [7, 11) is 6.33. The average molecular weight is 558 g/mol. The van der Waals surface area contributed by atoms with E-state index in [1.807, 2.05) is 38.4 Å². The molecule has 1 aliphatic heterocycles. The molecule has 1 aromatic carbocycles. The Balaban J connectivity index is 1.48. The van der Waals surface area contributed by atoms with Crippen molar-refractivity contribution in [3.8, 4) is 11.1 Å². The highest BCUT2D eigenvalue weighted by Gasteiger charge is 2.31. The summed E-state index contributed by atoms with van der Waals surface area (Å²) in [5.74, 6) is 0.578. The van der Waals surface area contributed by atoms with Gasteiger partial charge >= 0.3 is 0 Å². The smallest absolute Gasteiger partial charge is 0.253 e. The number of hydrogen-bond acceptors (Lipinski definition) is 7. The normalized spacial score (nSPS) is 17.2. The van der Waals surface area contributed by atoms with Gasteiger partial charge in [-0.25, -0.2) is 9.97 Å². The molecular weight excluding hydrogens is 514 g/mol. The van der Waals surface area contributed by atoms with Crippen molar-refractivity contribution in [1.29, 1.82) is 0 Å². The third-order valence-electron chi connectivity index (χ3n) is 8.66. The van der Waals surface area contributed by atoms with E-state index in [1.165, 1.54) is 11.1 Å². The van der Waals surface area contributed by atoms with Crippen LogP contribution in [0.5, 0.6) is 0 Å². The number of aromatic nitrogens is 3. The van der Waals surface area contributed by atoms with Gasteiger partial charge in [0.2, 0.25) is 5.95 Å². The molecule has 2 aromatic heterocycles. The molecule has 3 heterocycles. The lowest BCUT2D eigenvalue weighted by Crippen LogP contribution is -2.45. The number of carbonyl (C=O) groups excluding carboxylic acids is 1. The number of likely N-dealkylation sites (N-methyl/N-ethyl adjacent to an activating group) is 1. The van der Waals surface area contributed by atoms with E-state index in [9.17, 15) is 9.59 Å². The first-order valence-corrected chi connectivity index (χ1v) is 14.8. The Morgan fingerprint density at radius 1 is 1.12 bits per heavy atom. The maximum absolute atomic E-state index is 13.8. The third-order valence-corrected chi connectivity index (χ3v) is 8.66.